The van der Waals surface area contributed by atoms with Gasteiger partial charge in [-0.05, 0) is 61.0 Å². The van der Waals surface area contributed by atoms with Crippen molar-refractivity contribution >= 4 is 16.9 Å². The van der Waals surface area contributed by atoms with Crippen LogP contribution in [0.1, 0.15) is 42.6 Å². The second-order valence-corrected chi connectivity index (χ2v) is 8.32. The Morgan fingerprint density at radius 3 is 2.46 bits per heavy atom. The van der Waals surface area contributed by atoms with Gasteiger partial charge in [-0.2, -0.15) is 13.2 Å². The first-order valence-corrected chi connectivity index (χ1v) is 11.3. The number of ether oxygens (including phenoxy) is 1. The van der Waals surface area contributed by atoms with Crippen molar-refractivity contribution in [1.29, 1.82) is 0 Å². The van der Waals surface area contributed by atoms with E-state index in [2.05, 4.69) is 9.97 Å². The maximum Gasteiger partial charge on any atom is 0.419 e. The Morgan fingerprint density at radius 1 is 1.14 bits per heavy atom. The van der Waals surface area contributed by atoms with E-state index in [1.54, 1.807) is 36.4 Å². The summed E-state index contributed by atoms with van der Waals surface area (Å²) in [5.74, 6) is -4.22. The van der Waals surface area contributed by atoms with Gasteiger partial charge in [-0.25, -0.2) is 14.4 Å². The van der Waals surface area contributed by atoms with E-state index in [0.717, 1.165) is 6.07 Å². The Labute approximate surface area is 208 Å². The molecule has 7 nitrogen and oxygen atoms in total. The number of nitrogens with two attached hydrogens (primary N) is 1. The van der Waals surface area contributed by atoms with E-state index in [4.69, 9.17) is 10.5 Å². The van der Waals surface area contributed by atoms with Gasteiger partial charge in [0.2, 0.25) is 5.91 Å². The molecule has 0 aliphatic heterocycles. The summed E-state index contributed by atoms with van der Waals surface area (Å²) in [4.78, 5) is 34.8. The average molecular weight is 514 g/mol. The van der Waals surface area contributed by atoms with Gasteiger partial charge in [-0.1, -0.05) is 13.0 Å². The van der Waals surface area contributed by atoms with E-state index >= 15 is 0 Å². The van der Waals surface area contributed by atoms with Crippen LogP contribution < -0.4 is 16.0 Å². The lowest BCUT2D eigenvalue weighted by atomic mass is 9.84. The van der Waals surface area contributed by atoms with E-state index in [1.807, 2.05) is 6.92 Å². The third kappa shape index (κ3) is 5.02. The van der Waals surface area contributed by atoms with Gasteiger partial charge >= 0.3 is 6.18 Å². The summed E-state index contributed by atoms with van der Waals surface area (Å²) in [6.07, 6.45) is -3.55. The number of rotatable bonds is 7. The fraction of sp³-hybridized carbons (Fsp3) is 0.231. The molecule has 2 aromatic heterocycles. The third-order valence-electron chi connectivity index (χ3n) is 5.94. The molecule has 0 saturated heterocycles. The fourth-order valence-electron chi connectivity index (χ4n) is 4.25. The molecule has 0 aliphatic carbocycles. The van der Waals surface area contributed by atoms with E-state index in [1.165, 1.54) is 17.7 Å². The third-order valence-corrected chi connectivity index (χ3v) is 5.94. The molecular weight excluding hydrogens is 492 g/mol. The van der Waals surface area contributed by atoms with Crippen molar-refractivity contribution in [3.8, 4) is 11.4 Å². The number of nitrogens with zero attached hydrogens (tertiary/aromatic N) is 3. The summed E-state index contributed by atoms with van der Waals surface area (Å²) in [7, 11) is 0. The number of pyridine rings is 1. The van der Waals surface area contributed by atoms with Gasteiger partial charge in [0.25, 0.3) is 5.56 Å². The summed E-state index contributed by atoms with van der Waals surface area (Å²) < 4.78 is 60.8. The topological polar surface area (TPSA) is 100 Å². The summed E-state index contributed by atoms with van der Waals surface area (Å²) in [6, 6.07) is 11.9. The molecule has 4 rings (SSSR count). The highest BCUT2D eigenvalue weighted by molar-refractivity contribution is 5.83. The molecule has 0 saturated carbocycles. The summed E-state index contributed by atoms with van der Waals surface area (Å²) >= 11 is 0. The van der Waals surface area contributed by atoms with Crippen LogP contribution in [0.3, 0.4) is 0 Å². The van der Waals surface area contributed by atoms with Crippen LogP contribution in [-0.2, 0) is 11.0 Å². The summed E-state index contributed by atoms with van der Waals surface area (Å²) in [5, 5.41) is 0.198. The highest BCUT2D eigenvalue weighted by Gasteiger charge is 2.37. The number of carbonyl (C=O) groups is 1. The van der Waals surface area contributed by atoms with E-state index in [9.17, 15) is 27.2 Å². The van der Waals surface area contributed by atoms with Crippen LogP contribution in [0.15, 0.2) is 65.6 Å². The SMILES string of the molecule is CCOc1ccc(-n2c(C(C)C(C(N)=O)c3ccc(F)c(C(F)(F)F)c3)nc3ncccc3c2=O)cc1. The molecule has 2 N–H and O–H groups in total. The number of fused-ring (bicyclic) bond motifs is 1. The molecule has 0 bridgehead atoms. The van der Waals surface area contributed by atoms with Crippen LogP contribution in [0.5, 0.6) is 5.75 Å². The fourth-order valence-corrected chi connectivity index (χ4v) is 4.25. The Hall–Kier alpha value is -4.28. The van der Waals surface area contributed by atoms with Gasteiger partial charge in [-0.15, -0.1) is 0 Å². The van der Waals surface area contributed by atoms with Gasteiger partial charge in [-0.3, -0.25) is 14.2 Å². The van der Waals surface area contributed by atoms with Crippen LogP contribution >= 0.6 is 0 Å². The molecule has 2 atom stereocenters. The molecule has 2 heterocycles. The zero-order valence-electron chi connectivity index (χ0n) is 19.8. The second-order valence-electron chi connectivity index (χ2n) is 8.32. The first kappa shape index (κ1) is 25.8. The molecule has 2 unspecified atom stereocenters. The normalized spacial score (nSPS) is 13.4. The van der Waals surface area contributed by atoms with E-state index in [-0.39, 0.29) is 22.4 Å². The smallest absolute Gasteiger partial charge is 0.419 e. The Morgan fingerprint density at radius 2 is 1.84 bits per heavy atom. The van der Waals surface area contributed by atoms with Crippen molar-refractivity contribution in [1.82, 2.24) is 14.5 Å². The number of benzene rings is 2. The maximum absolute atomic E-state index is 13.9. The molecule has 192 valence electrons. The Kier molecular flexibility index (Phi) is 6.97. The molecule has 0 aliphatic rings. The summed E-state index contributed by atoms with van der Waals surface area (Å²) in [6.45, 7) is 3.76. The average Bonchev–Trinajstić information content (AvgIpc) is 2.85. The monoisotopic (exact) mass is 514 g/mol. The number of carbonyl (C=O) groups excluding carboxylic acids is 1. The van der Waals surface area contributed by atoms with Gasteiger partial charge in [0.1, 0.15) is 17.4 Å². The molecule has 4 aromatic rings. The second kappa shape index (κ2) is 10.00. The molecule has 0 spiro atoms. The maximum atomic E-state index is 13.9. The highest BCUT2D eigenvalue weighted by atomic mass is 19.4. The lowest BCUT2D eigenvalue weighted by Gasteiger charge is -2.25. The first-order chi connectivity index (χ1) is 17.5. The van der Waals surface area contributed by atoms with Crippen LogP contribution in [0.25, 0.3) is 16.7 Å². The standard InChI is InChI=1S/C26H22F4N4O3/c1-3-37-17-9-7-16(8-10-17)34-24(33-23-18(25(34)36)5-4-12-32-23)14(2)21(22(31)35)15-6-11-20(27)19(13-15)26(28,29)30/h4-14,21H,3H2,1-2H3,(H2,31,35). The lowest BCUT2D eigenvalue weighted by molar-refractivity contribution is -0.140. The number of amides is 1. The van der Waals surface area contributed by atoms with Crippen molar-refractivity contribution in [2.75, 3.05) is 6.61 Å². The van der Waals surface area contributed by atoms with E-state index < -0.39 is 40.9 Å². The quantitative estimate of drug-likeness (QED) is 0.360. The van der Waals surface area contributed by atoms with Gasteiger partial charge < -0.3 is 10.5 Å². The van der Waals surface area contributed by atoms with Crippen molar-refractivity contribution in [2.24, 2.45) is 5.73 Å². The molecule has 0 radical (unpaired) electrons. The first-order valence-electron chi connectivity index (χ1n) is 11.3. The molecule has 37 heavy (non-hydrogen) atoms. The van der Waals surface area contributed by atoms with Crippen LogP contribution in [0, 0.1) is 5.82 Å². The largest absolute Gasteiger partial charge is 0.494 e. The van der Waals surface area contributed by atoms with Crippen LogP contribution in [-0.4, -0.2) is 27.0 Å². The predicted octanol–water partition coefficient (Wildman–Crippen LogP) is 4.71. The number of aromatic nitrogens is 3. The van der Waals surface area contributed by atoms with Crippen molar-refractivity contribution in [3.63, 3.8) is 0 Å². The molecule has 11 heteroatoms. The molecular formula is C26H22F4N4O3. The minimum atomic E-state index is -4.99. The lowest BCUT2D eigenvalue weighted by Crippen LogP contribution is -2.32. The number of alkyl halides is 3. The molecule has 1 amide bonds. The van der Waals surface area contributed by atoms with Crippen LogP contribution in [0.4, 0.5) is 17.6 Å². The van der Waals surface area contributed by atoms with Crippen molar-refractivity contribution in [2.45, 2.75) is 31.9 Å². The minimum Gasteiger partial charge on any atom is -0.494 e. The van der Waals surface area contributed by atoms with Crippen molar-refractivity contribution in [3.05, 3.63) is 93.9 Å². The minimum absolute atomic E-state index is 0.0436. The Bertz CT molecular complexity index is 1520. The zero-order chi connectivity index (χ0) is 26.9. The number of primary amides is 1. The van der Waals surface area contributed by atoms with Crippen molar-refractivity contribution < 1.29 is 27.1 Å². The number of hydrogen-bond acceptors (Lipinski definition) is 5. The van der Waals surface area contributed by atoms with Gasteiger partial charge in [0, 0.05) is 12.1 Å². The van der Waals surface area contributed by atoms with Gasteiger partial charge in [0.05, 0.1) is 29.2 Å². The highest BCUT2D eigenvalue weighted by Crippen LogP contribution is 2.37. The predicted molar refractivity (Wildman–Crippen MR) is 128 cm³/mol. The zero-order valence-corrected chi connectivity index (χ0v) is 19.8. The molecule has 2 aromatic carbocycles. The van der Waals surface area contributed by atoms with Gasteiger partial charge in [0.15, 0.2) is 5.65 Å². The Balaban J connectivity index is 1.94. The number of halogens is 4. The summed E-state index contributed by atoms with van der Waals surface area (Å²) in [5.41, 5.74) is 3.92. The number of hydrogen-bond donors (Lipinski definition) is 1. The van der Waals surface area contributed by atoms with Crippen LogP contribution in [0.2, 0.25) is 0 Å². The molecule has 0 fully saturated rings. The van der Waals surface area contributed by atoms with E-state index in [0.29, 0.717) is 30.2 Å².